The quantitative estimate of drug-likeness (QED) is 0.272. The van der Waals surface area contributed by atoms with Crippen LogP contribution in [0.1, 0.15) is 19.8 Å². The summed E-state index contributed by atoms with van der Waals surface area (Å²) in [5, 5.41) is 0. The molecule has 0 saturated heterocycles. The van der Waals surface area contributed by atoms with E-state index in [4.69, 9.17) is 4.74 Å². The molecule has 0 radical (unpaired) electrons. The molecule has 0 fully saturated rings. The van der Waals surface area contributed by atoms with E-state index in [1.807, 2.05) is 14.1 Å². The topological polar surface area (TPSA) is 26.3 Å². The lowest BCUT2D eigenvalue weighted by atomic mass is 10.3. The number of nitrogens with zero attached hydrogens (tertiary/aromatic N) is 1. The van der Waals surface area contributed by atoms with Gasteiger partial charge in [0.25, 0.3) is 0 Å². The van der Waals surface area contributed by atoms with Crippen molar-refractivity contribution in [3.05, 3.63) is 12.7 Å². The Morgan fingerprint density at radius 1 is 1.54 bits per heavy atom. The highest BCUT2D eigenvalue weighted by atomic mass is 16.5. The number of carbonyl (C=O) groups is 1. The molecule has 0 aromatic rings. The normalized spacial score (nSPS) is 11.0. The summed E-state index contributed by atoms with van der Waals surface area (Å²) in [6.45, 7) is 6.94. The Morgan fingerprint density at radius 3 is 2.62 bits per heavy atom. The molecule has 0 rings (SSSR count). The number of ether oxygens (including phenoxy) is 1. The zero-order valence-corrected chi connectivity index (χ0v) is 8.88. The Bertz CT molecular complexity index is 176. The zero-order valence-electron chi connectivity index (χ0n) is 8.88. The van der Waals surface area contributed by atoms with Crippen LogP contribution in [0, 0.1) is 0 Å². The fourth-order valence-corrected chi connectivity index (χ4v) is 0.948. The molecule has 0 saturated carbocycles. The van der Waals surface area contributed by atoms with Gasteiger partial charge in [-0.25, -0.2) is 4.79 Å². The van der Waals surface area contributed by atoms with Gasteiger partial charge in [-0.1, -0.05) is 19.9 Å². The van der Waals surface area contributed by atoms with E-state index < -0.39 is 0 Å². The van der Waals surface area contributed by atoms with Gasteiger partial charge >= 0.3 is 5.97 Å². The van der Waals surface area contributed by atoms with E-state index in [1.165, 1.54) is 6.08 Å². The standard InChI is InChI=1S/C10H20NO2/c1-5-7-8-11(3,4)9-13-10(12)6-2/h6H,2,5,7-9H2,1,3-4H3/q+1. The average Bonchev–Trinajstić information content (AvgIpc) is 2.11. The molecule has 0 aliphatic heterocycles. The van der Waals surface area contributed by atoms with Crippen LogP contribution in [-0.2, 0) is 9.53 Å². The Kier molecular flexibility index (Phi) is 5.39. The van der Waals surface area contributed by atoms with Gasteiger partial charge in [-0.15, -0.1) is 0 Å². The van der Waals surface area contributed by atoms with Crippen molar-refractivity contribution in [3.63, 3.8) is 0 Å². The minimum Gasteiger partial charge on any atom is -0.412 e. The van der Waals surface area contributed by atoms with E-state index in [-0.39, 0.29) is 5.97 Å². The lowest BCUT2D eigenvalue weighted by Gasteiger charge is -2.28. The van der Waals surface area contributed by atoms with E-state index in [9.17, 15) is 4.79 Å². The van der Waals surface area contributed by atoms with Crippen LogP contribution in [0.25, 0.3) is 0 Å². The van der Waals surface area contributed by atoms with Crippen LogP contribution in [0.15, 0.2) is 12.7 Å². The van der Waals surface area contributed by atoms with E-state index in [0.29, 0.717) is 11.2 Å². The van der Waals surface area contributed by atoms with Gasteiger partial charge in [-0.2, -0.15) is 0 Å². The van der Waals surface area contributed by atoms with E-state index in [2.05, 4.69) is 13.5 Å². The van der Waals surface area contributed by atoms with Gasteiger partial charge in [0.1, 0.15) is 0 Å². The third-order valence-electron chi connectivity index (χ3n) is 1.84. The highest BCUT2D eigenvalue weighted by Crippen LogP contribution is 2.01. The number of rotatable bonds is 6. The molecule has 76 valence electrons. The van der Waals surface area contributed by atoms with E-state index >= 15 is 0 Å². The van der Waals surface area contributed by atoms with E-state index in [0.717, 1.165) is 19.4 Å². The third kappa shape index (κ3) is 6.34. The molecule has 0 spiro atoms. The third-order valence-corrected chi connectivity index (χ3v) is 1.84. The van der Waals surface area contributed by atoms with Gasteiger partial charge in [-0.05, 0) is 6.42 Å². The molecular weight excluding hydrogens is 166 g/mol. The highest BCUT2D eigenvalue weighted by Gasteiger charge is 2.15. The van der Waals surface area contributed by atoms with Crippen molar-refractivity contribution in [1.29, 1.82) is 0 Å². The summed E-state index contributed by atoms with van der Waals surface area (Å²) < 4.78 is 5.68. The first-order valence-corrected chi connectivity index (χ1v) is 4.63. The van der Waals surface area contributed by atoms with Gasteiger partial charge in [-0.3, -0.25) is 4.48 Å². The summed E-state index contributed by atoms with van der Waals surface area (Å²) in [7, 11) is 4.10. The molecule has 3 heteroatoms. The number of quaternary nitrogens is 1. The molecule has 0 heterocycles. The van der Waals surface area contributed by atoms with Crippen molar-refractivity contribution in [2.45, 2.75) is 19.8 Å². The maximum Gasteiger partial charge on any atom is 0.334 e. The Morgan fingerprint density at radius 2 is 2.15 bits per heavy atom. The number of unbranched alkanes of at least 4 members (excludes halogenated alkanes) is 1. The largest absolute Gasteiger partial charge is 0.412 e. The Balaban J connectivity index is 3.74. The molecule has 0 atom stereocenters. The van der Waals surface area contributed by atoms with Gasteiger partial charge < -0.3 is 4.74 Å². The van der Waals surface area contributed by atoms with Crippen molar-refractivity contribution < 1.29 is 14.0 Å². The van der Waals surface area contributed by atoms with Crippen molar-refractivity contribution >= 4 is 5.97 Å². The summed E-state index contributed by atoms with van der Waals surface area (Å²) >= 11 is 0. The lowest BCUT2D eigenvalue weighted by molar-refractivity contribution is -0.907. The molecule has 13 heavy (non-hydrogen) atoms. The van der Waals surface area contributed by atoms with Crippen LogP contribution in [-0.4, -0.2) is 37.8 Å². The number of carbonyl (C=O) groups excluding carboxylic acids is 1. The van der Waals surface area contributed by atoms with Gasteiger partial charge in [0.05, 0.1) is 20.6 Å². The monoisotopic (exact) mass is 186 g/mol. The van der Waals surface area contributed by atoms with Crippen LogP contribution >= 0.6 is 0 Å². The maximum absolute atomic E-state index is 10.8. The molecule has 0 aliphatic rings. The molecule has 3 nitrogen and oxygen atoms in total. The van der Waals surface area contributed by atoms with E-state index in [1.54, 1.807) is 0 Å². The summed E-state index contributed by atoms with van der Waals surface area (Å²) in [5.41, 5.74) is 0. The van der Waals surface area contributed by atoms with Crippen molar-refractivity contribution in [3.8, 4) is 0 Å². The molecule has 0 N–H and O–H groups in total. The second kappa shape index (κ2) is 5.75. The highest BCUT2D eigenvalue weighted by molar-refractivity contribution is 5.81. The second-order valence-electron chi connectivity index (χ2n) is 3.81. The SMILES string of the molecule is C=CC(=O)OC[N+](C)(C)CCCC. The van der Waals surface area contributed by atoms with Crippen molar-refractivity contribution in [2.75, 3.05) is 27.4 Å². The summed E-state index contributed by atoms with van der Waals surface area (Å²) in [4.78, 5) is 10.8. The van der Waals surface area contributed by atoms with Crippen LogP contribution in [0.3, 0.4) is 0 Å². The summed E-state index contributed by atoms with van der Waals surface area (Å²) in [6, 6.07) is 0. The average molecular weight is 186 g/mol. The lowest BCUT2D eigenvalue weighted by Crippen LogP contribution is -2.42. The fourth-order valence-electron chi connectivity index (χ4n) is 0.948. The van der Waals surface area contributed by atoms with Gasteiger partial charge in [0, 0.05) is 6.08 Å². The molecular formula is C10H20NO2+. The maximum atomic E-state index is 10.8. The van der Waals surface area contributed by atoms with Gasteiger partial charge in [0.15, 0.2) is 0 Å². The molecule has 0 aliphatic carbocycles. The minimum absolute atomic E-state index is 0.345. The minimum atomic E-state index is -0.345. The predicted octanol–water partition coefficient (Wildman–Crippen LogP) is 1.55. The van der Waals surface area contributed by atoms with Crippen LogP contribution in [0.2, 0.25) is 0 Å². The van der Waals surface area contributed by atoms with Crippen LogP contribution in [0.4, 0.5) is 0 Å². The smallest absolute Gasteiger partial charge is 0.334 e. The first kappa shape index (κ1) is 12.2. The Hall–Kier alpha value is -0.830. The molecule has 0 aromatic heterocycles. The molecule has 0 aromatic carbocycles. The molecule has 0 amide bonds. The zero-order chi connectivity index (χ0) is 10.3. The van der Waals surface area contributed by atoms with Crippen molar-refractivity contribution in [1.82, 2.24) is 0 Å². The van der Waals surface area contributed by atoms with Crippen LogP contribution in [0.5, 0.6) is 0 Å². The first-order chi connectivity index (χ1) is 6.02. The predicted molar refractivity (Wildman–Crippen MR) is 53.0 cm³/mol. The molecule has 0 unspecified atom stereocenters. The fraction of sp³-hybridized carbons (Fsp3) is 0.700. The second-order valence-corrected chi connectivity index (χ2v) is 3.81. The number of hydrogen-bond acceptors (Lipinski definition) is 2. The Labute approximate surface area is 80.6 Å². The van der Waals surface area contributed by atoms with Crippen molar-refractivity contribution in [2.24, 2.45) is 0 Å². The summed E-state index contributed by atoms with van der Waals surface area (Å²) in [6.07, 6.45) is 3.51. The molecule has 0 bridgehead atoms. The first-order valence-electron chi connectivity index (χ1n) is 4.63. The van der Waals surface area contributed by atoms with Gasteiger partial charge in [0.2, 0.25) is 6.73 Å². The number of hydrogen-bond donors (Lipinski definition) is 0. The number of esters is 1. The summed E-state index contributed by atoms with van der Waals surface area (Å²) in [5.74, 6) is -0.345. The van der Waals surface area contributed by atoms with Crippen LogP contribution < -0.4 is 0 Å².